The van der Waals surface area contributed by atoms with Gasteiger partial charge < -0.3 is 24.6 Å². The van der Waals surface area contributed by atoms with Crippen molar-refractivity contribution in [1.29, 1.82) is 0 Å². The molecule has 0 aromatic carbocycles. The van der Waals surface area contributed by atoms with Crippen molar-refractivity contribution in [2.45, 2.75) is 96.6 Å². The fourth-order valence-corrected chi connectivity index (χ4v) is 5.03. The number of nitrogens with one attached hydrogen (secondary N) is 1. The second kappa shape index (κ2) is 9.16. The summed E-state index contributed by atoms with van der Waals surface area (Å²) in [5, 5.41) is 2.98. The summed E-state index contributed by atoms with van der Waals surface area (Å²) in [6.45, 7) is 9.14. The Bertz CT molecular complexity index is 847. The Labute approximate surface area is 190 Å². The molecule has 1 aromatic rings. The van der Waals surface area contributed by atoms with E-state index >= 15 is 0 Å². The van der Waals surface area contributed by atoms with Crippen LogP contribution in [-0.2, 0) is 22.5 Å². The summed E-state index contributed by atoms with van der Waals surface area (Å²) in [7, 11) is 0. The maximum atomic E-state index is 12.6. The predicted octanol–water partition coefficient (Wildman–Crippen LogP) is 4.01. The topological polar surface area (TPSA) is 84.0 Å². The van der Waals surface area contributed by atoms with Gasteiger partial charge in [0.05, 0.1) is 11.7 Å². The van der Waals surface area contributed by atoms with E-state index in [-0.39, 0.29) is 36.9 Å². The molecule has 1 aliphatic carbocycles. The summed E-state index contributed by atoms with van der Waals surface area (Å²) >= 11 is 0. The lowest BCUT2D eigenvalue weighted by Crippen LogP contribution is -2.58. The molecule has 8 nitrogen and oxygen atoms in total. The molecule has 32 heavy (non-hydrogen) atoms. The number of carbonyl (C=O) groups is 2. The molecular formula is C24H36N4O4. The van der Waals surface area contributed by atoms with Gasteiger partial charge in [-0.15, -0.1) is 0 Å². The van der Waals surface area contributed by atoms with Crippen molar-refractivity contribution in [3.05, 3.63) is 23.4 Å². The molecule has 0 bridgehead atoms. The fourth-order valence-electron chi connectivity index (χ4n) is 5.03. The smallest absolute Gasteiger partial charge is 0.410 e. The predicted molar refractivity (Wildman–Crippen MR) is 122 cm³/mol. The third-order valence-electron chi connectivity index (χ3n) is 6.43. The highest BCUT2D eigenvalue weighted by molar-refractivity contribution is 5.70. The number of nitrogens with zero attached hydrogens (tertiary/aromatic N) is 3. The number of hydrogen-bond acceptors (Lipinski definition) is 6. The average molecular weight is 445 g/mol. The molecule has 1 saturated heterocycles. The molecule has 2 amide bonds. The average Bonchev–Trinajstić information content (AvgIpc) is 3.10. The number of anilines is 1. The second-order valence-electron chi connectivity index (χ2n) is 10.3. The van der Waals surface area contributed by atoms with E-state index in [1.807, 2.05) is 31.7 Å². The zero-order valence-corrected chi connectivity index (χ0v) is 19.7. The van der Waals surface area contributed by atoms with Crippen LogP contribution in [0.4, 0.5) is 15.4 Å². The molecule has 2 fully saturated rings. The maximum Gasteiger partial charge on any atom is 0.410 e. The molecule has 3 heterocycles. The normalized spacial score (nSPS) is 23.4. The minimum Gasteiger partial charge on any atom is -0.444 e. The fraction of sp³-hybridized carbons (Fsp3) is 0.708. The molecule has 1 saturated carbocycles. The Morgan fingerprint density at radius 2 is 1.91 bits per heavy atom. The molecular weight excluding hydrogens is 408 g/mol. The highest BCUT2D eigenvalue weighted by Gasteiger charge is 2.41. The van der Waals surface area contributed by atoms with Crippen LogP contribution in [0, 0.1) is 0 Å². The number of alkyl carbamates (subject to hydrolysis) is 1. The first-order valence-corrected chi connectivity index (χ1v) is 11.9. The molecule has 1 N–H and O–H groups in total. The molecule has 1 aromatic heterocycles. The quantitative estimate of drug-likeness (QED) is 0.758. The third kappa shape index (κ3) is 5.27. The Hall–Kier alpha value is -2.51. The number of amides is 2. The summed E-state index contributed by atoms with van der Waals surface area (Å²) in [5.74, 6) is 0.945. The van der Waals surface area contributed by atoms with E-state index in [1.54, 1.807) is 0 Å². The minimum atomic E-state index is -0.504. The molecule has 0 unspecified atom stereocenters. The van der Waals surface area contributed by atoms with Crippen molar-refractivity contribution in [2.24, 2.45) is 0 Å². The van der Waals surface area contributed by atoms with Crippen LogP contribution in [0.15, 0.2) is 12.1 Å². The van der Waals surface area contributed by atoms with Crippen LogP contribution in [0.2, 0.25) is 0 Å². The Kier molecular flexibility index (Phi) is 6.49. The molecule has 2 aliphatic heterocycles. The van der Waals surface area contributed by atoms with E-state index in [2.05, 4.69) is 23.2 Å². The van der Waals surface area contributed by atoms with Gasteiger partial charge in [0.25, 0.3) is 0 Å². The molecule has 4 rings (SSSR count). The van der Waals surface area contributed by atoms with Crippen LogP contribution in [0.1, 0.15) is 71.1 Å². The zero-order chi connectivity index (χ0) is 22.9. The zero-order valence-electron chi connectivity index (χ0n) is 19.7. The monoisotopic (exact) mass is 444 g/mol. The number of fused-ring (bicyclic) bond motifs is 3. The van der Waals surface area contributed by atoms with Crippen LogP contribution in [-0.4, -0.2) is 58.9 Å². The Morgan fingerprint density at radius 3 is 2.62 bits per heavy atom. The lowest BCUT2D eigenvalue weighted by molar-refractivity contribution is 0.0191. The highest BCUT2D eigenvalue weighted by Crippen LogP contribution is 2.35. The summed E-state index contributed by atoms with van der Waals surface area (Å²) in [6, 6.07) is 4.54. The van der Waals surface area contributed by atoms with E-state index in [9.17, 15) is 9.59 Å². The summed E-state index contributed by atoms with van der Waals surface area (Å²) in [4.78, 5) is 33.7. The van der Waals surface area contributed by atoms with Crippen molar-refractivity contribution < 1.29 is 19.1 Å². The number of piperazine rings is 1. The highest BCUT2D eigenvalue weighted by atomic mass is 16.6. The van der Waals surface area contributed by atoms with Crippen LogP contribution < -0.4 is 10.2 Å². The van der Waals surface area contributed by atoms with Crippen molar-refractivity contribution >= 4 is 18.0 Å². The number of aromatic nitrogens is 1. The van der Waals surface area contributed by atoms with Crippen molar-refractivity contribution in [1.82, 2.24) is 15.2 Å². The summed E-state index contributed by atoms with van der Waals surface area (Å²) in [5.41, 5.74) is 1.41. The second-order valence-corrected chi connectivity index (χ2v) is 10.3. The molecule has 0 spiro atoms. The van der Waals surface area contributed by atoms with E-state index in [4.69, 9.17) is 14.5 Å². The number of rotatable bonds is 3. The maximum absolute atomic E-state index is 12.6. The first-order chi connectivity index (χ1) is 15.2. The van der Waals surface area contributed by atoms with Crippen molar-refractivity contribution in [3.63, 3.8) is 0 Å². The van der Waals surface area contributed by atoms with Gasteiger partial charge in [-0.1, -0.05) is 25.3 Å². The van der Waals surface area contributed by atoms with Gasteiger partial charge >= 0.3 is 12.2 Å². The summed E-state index contributed by atoms with van der Waals surface area (Å²) in [6.07, 6.45) is 5.85. The Balaban J connectivity index is 1.36. The number of carbonyl (C=O) groups excluding carboxylic acids is 2. The van der Waals surface area contributed by atoms with Gasteiger partial charge in [-0.3, -0.25) is 0 Å². The van der Waals surface area contributed by atoms with Gasteiger partial charge in [-0.2, -0.15) is 0 Å². The number of ether oxygens (including phenoxy) is 2. The van der Waals surface area contributed by atoms with Gasteiger partial charge in [0.15, 0.2) is 0 Å². The molecule has 176 valence electrons. The van der Waals surface area contributed by atoms with Crippen LogP contribution >= 0.6 is 0 Å². The molecule has 0 radical (unpaired) electrons. The standard InChI is InChI=1S/C24H36N4O4/c1-16-13-27(23(30)32-24(2,3)4)14-20-12-17-10-11-19(25-21(17)28(16)20)15-31-22(29)26-18-8-6-5-7-9-18/h10-11,16,18,20H,5-9,12-15H2,1-4H3,(H,26,29)/t16-,20-/m1/s1. The van der Waals surface area contributed by atoms with E-state index < -0.39 is 5.60 Å². The lowest BCUT2D eigenvalue weighted by atomic mass is 9.96. The van der Waals surface area contributed by atoms with Crippen LogP contribution in [0.5, 0.6) is 0 Å². The molecule has 2 atom stereocenters. The largest absolute Gasteiger partial charge is 0.444 e. The molecule has 3 aliphatic rings. The van der Waals surface area contributed by atoms with Gasteiger partial charge in [0, 0.05) is 25.2 Å². The van der Waals surface area contributed by atoms with Gasteiger partial charge in [0.1, 0.15) is 18.0 Å². The number of hydrogen-bond donors (Lipinski definition) is 1. The summed E-state index contributed by atoms with van der Waals surface area (Å²) < 4.78 is 11.0. The lowest BCUT2D eigenvalue weighted by Gasteiger charge is -2.43. The van der Waals surface area contributed by atoms with Gasteiger partial charge in [-0.25, -0.2) is 14.6 Å². The number of pyridine rings is 1. The minimum absolute atomic E-state index is 0.126. The SMILES string of the molecule is C[C@@H]1CN(C(=O)OC(C)(C)C)C[C@H]2Cc3ccc(COC(=O)NC4CCCCC4)nc3N21. The van der Waals surface area contributed by atoms with Crippen LogP contribution in [0.3, 0.4) is 0 Å². The van der Waals surface area contributed by atoms with Gasteiger partial charge in [-0.05, 0) is 58.6 Å². The van der Waals surface area contributed by atoms with Crippen molar-refractivity contribution in [2.75, 3.05) is 18.0 Å². The Morgan fingerprint density at radius 1 is 1.16 bits per heavy atom. The molecule has 8 heteroatoms. The third-order valence-corrected chi connectivity index (χ3v) is 6.43. The van der Waals surface area contributed by atoms with E-state index in [0.29, 0.717) is 13.1 Å². The van der Waals surface area contributed by atoms with Crippen LogP contribution in [0.25, 0.3) is 0 Å². The first-order valence-electron chi connectivity index (χ1n) is 11.9. The van der Waals surface area contributed by atoms with E-state index in [0.717, 1.165) is 43.6 Å². The van der Waals surface area contributed by atoms with Gasteiger partial charge in [0.2, 0.25) is 0 Å². The van der Waals surface area contributed by atoms with Crippen molar-refractivity contribution in [3.8, 4) is 0 Å². The first kappa shape index (κ1) is 22.7. The van der Waals surface area contributed by atoms with E-state index in [1.165, 1.54) is 12.0 Å².